The molecule has 3 heterocycles. The van der Waals surface area contributed by atoms with Crippen LogP contribution in [-0.4, -0.2) is 45.2 Å². The lowest BCUT2D eigenvalue weighted by molar-refractivity contribution is 0.249. The molecule has 1 fully saturated rings. The van der Waals surface area contributed by atoms with Gasteiger partial charge in [0.15, 0.2) is 0 Å². The van der Waals surface area contributed by atoms with Crippen LogP contribution in [0.2, 0.25) is 0 Å². The number of carbonyl (C=O) groups excluding carboxylic acids is 1. The minimum Gasteiger partial charge on any atom is -0.340 e. The van der Waals surface area contributed by atoms with Crippen molar-refractivity contribution in [3.63, 3.8) is 0 Å². The van der Waals surface area contributed by atoms with E-state index in [4.69, 9.17) is 0 Å². The number of anilines is 2. The van der Waals surface area contributed by atoms with Gasteiger partial charge in [-0.15, -0.1) is 0 Å². The molecule has 8 nitrogen and oxygen atoms in total. The number of benzene rings is 1. The third kappa shape index (κ3) is 4.46. The van der Waals surface area contributed by atoms with Crippen molar-refractivity contribution < 1.29 is 4.79 Å². The molecule has 1 atom stereocenters. The Balaban J connectivity index is 1.26. The van der Waals surface area contributed by atoms with E-state index in [0.29, 0.717) is 12.5 Å². The van der Waals surface area contributed by atoms with E-state index in [1.165, 1.54) is 0 Å². The number of nitrogens with one attached hydrogen (secondary N) is 2. The van der Waals surface area contributed by atoms with Crippen LogP contribution in [0.4, 0.5) is 16.4 Å². The first-order chi connectivity index (χ1) is 13.8. The summed E-state index contributed by atoms with van der Waals surface area (Å²) in [6.07, 6.45) is 11.0. The number of aromatic nitrogens is 4. The summed E-state index contributed by atoms with van der Waals surface area (Å²) in [6, 6.07) is 9.27. The van der Waals surface area contributed by atoms with E-state index < -0.39 is 0 Å². The second kappa shape index (κ2) is 8.51. The van der Waals surface area contributed by atoms with Crippen LogP contribution in [0.5, 0.6) is 0 Å². The Hall–Kier alpha value is -3.42. The van der Waals surface area contributed by atoms with Gasteiger partial charge < -0.3 is 20.1 Å². The van der Waals surface area contributed by atoms with Crippen LogP contribution in [0, 0.1) is 5.92 Å². The molecule has 2 aromatic heterocycles. The molecule has 0 radical (unpaired) electrons. The van der Waals surface area contributed by atoms with Gasteiger partial charge in [0.1, 0.15) is 0 Å². The van der Waals surface area contributed by atoms with Gasteiger partial charge in [-0.05, 0) is 49.1 Å². The highest BCUT2D eigenvalue weighted by Gasteiger charge is 2.22. The zero-order valence-corrected chi connectivity index (χ0v) is 15.5. The molecular weight excluding hydrogens is 354 g/mol. The Morgan fingerprint density at radius 3 is 2.71 bits per heavy atom. The highest BCUT2D eigenvalue weighted by molar-refractivity contribution is 5.89. The largest absolute Gasteiger partial charge is 0.340 e. The van der Waals surface area contributed by atoms with Crippen LogP contribution in [0.3, 0.4) is 0 Å². The lowest BCUT2D eigenvalue weighted by Crippen LogP contribution is -2.42. The minimum absolute atomic E-state index is 0.191. The SMILES string of the molecule is O=C(NC[C@@H]1CCCN(c2ncccn2)C1)Nc1ccc(-n2ccnc2)cc1. The van der Waals surface area contributed by atoms with E-state index in [0.717, 1.165) is 43.3 Å². The number of urea groups is 1. The van der Waals surface area contributed by atoms with Crippen LogP contribution >= 0.6 is 0 Å². The van der Waals surface area contributed by atoms with E-state index in [2.05, 4.69) is 30.5 Å². The first-order valence-corrected chi connectivity index (χ1v) is 9.43. The Bertz CT molecular complexity index is 881. The van der Waals surface area contributed by atoms with Gasteiger partial charge in [0.05, 0.1) is 6.33 Å². The number of amides is 2. The molecule has 0 aliphatic carbocycles. The Labute approximate surface area is 163 Å². The number of carbonyl (C=O) groups is 1. The van der Waals surface area contributed by atoms with Gasteiger partial charge in [0.2, 0.25) is 5.95 Å². The van der Waals surface area contributed by atoms with Crippen molar-refractivity contribution in [2.24, 2.45) is 5.92 Å². The van der Waals surface area contributed by atoms with Gasteiger partial charge >= 0.3 is 6.03 Å². The molecule has 144 valence electrons. The Kier molecular flexibility index (Phi) is 5.46. The molecule has 8 heteroatoms. The predicted molar refractivity (Wildman–Crippen MR) is 108 cm³/mol. The van der Waals surface area contributed by atoms with E-state index in [-0.39, 0.29) is 6.03 Å². The molecule has 0 spiro atoms. The fourth-order valence-corrected chi connectivity index (χ4v) is 3.41. The molecule has 4 rings (SSSR count). The maximum absolute atomic E-state index is 12.2. The minimum atomic E-state index is -0.191. The number of rotatable bonds is 5. The van der Waals surface area contributed by atoms with Gasteiger partial charge in [-0.3, -0.25) is 0 Å². The number of imidazole rings is 1. The standard InChI is InChI=1S/C20H23N7O/c28-20(25-17-4-6-18(7-5-17)27-12-10-21-15-27)24-13-16-3-1-11-26(14-16)19-22-8-2-9-23-19/h2,4-10,12,15-16H,1,3,11,13-14H2,(H2,24,25,28)/t16-/m0/s1. The molecule has 1 saturated heterocycles. The summed E-state index contributed by atoms with van der Waals surface area (Å²) in [5.74, 6) is 1.14. The normalized spacial score (nSPS) is 16.6. The monoisotopic (exact) mass is 377 g/mol. The Morgan fingerprint density at radius 1 is 1.14 bits per heavy atom. The fraction of sp³-hybridized carbons (Fsp3) is 0.300. The summed E-state index contributed by atoms with van der Waals surface area (Å²) in [7, 11) is 0. The number of hydrogen-bond donors (Lipinski definition) is 2. The van der Waals surface area contributed by atoms with E-state index in [9.17, 15) is 4.79 Å². The summed E-state index contributed by atoms with van der Waals surface area (Å²) >= 11 is 0. The molecule has 2 N–H and O–H groups in total. The third-order valence-corrected chi connectivity index (χ3v) is 4.83. The zero-order valence-electron chi connectivity index (χ0n) is 15.5. The van der Waals surface area contributed by atoms with Crippen molar-refractivity contribution in [2.45, 2.75) is 12.8 Å². The number of hydrogen-bond acceptors (Lipinski definition) is 5. The van der Waals surface area contributed by atoms with Crippen molar-refractivity contribution in [1.82, 2.24) is 24.8 Å². The van der Waals surface area contributed by atoms with Crippen LogP contribution in [-0.2, 0) is 0 Å². The second-order valence-electron chi connectivity index (χ2n) is 6.85. The molecule has 1 aliphatic rings. The lowest BCUT2D eigenvalue weighted by atomic mass is 9.98. The molecule has 3 aromatic rings. The number of piperidine rings is 1. The predicted octanol–water partition coefficient (Wildman–Crippen LogP) is 2.70. The molecule has 0 unspecified atom stereocenters. The lowest BCUT2D eigenvalue weighted by Gasteiger charge is -2.32. The highest BCUT2D eigenvalue weighted by Crippen LogP contribution is 2.19. The molecule has 0 bridgehead atoms. The topological polar surface area (TPSA) is 88.0 Å². The summed E-state index contributed by atoms with van der Waals surface area (Å²) in [5, 5.41) is 5.87. The van der Waals surface area contributed by atoms with Gasteiger partial charge in [0, 0.05) is 55.8 Å². The maximum Gasteiger partial charge on any atom is 0.319 e. The molecule has 1 aliphatic heterocycles. The van der Waals surface area contributed by atoms with Crippen molar-refractivity contribution in [3.8, 4) is 5.69 Å². The molecule has 2 amide bonds. The van der Waals surface area contributed by atoms with E-state index in [1.807, 2.05) is 41.1 Å². The van der Waals surface area contributed by atoms with E-state index >= 15 is 0 Å². The molecular formula is C20H23N7O. The quantitative estimate of drug-likeness (QED) is 0.714. The zero-order chi connectivity index (χ0) is 19.2. The summed E-state index contributed by atoms with van der Waals surface area (Å²) in [6.45, 7) is 2.43. The van der Waals surface area contributed by atoms with Crippen molar-refractivity contribution in [1.29, 1.82) is 0 Å². The van der Waals surface area contributed by atoms with Crippen molar-refractivity contribution in [3.05, 3.63) is 61.4 Å². The molecule has 0 saturated carbocycles. The van der Waals surface area contributed by atoms with Crippen LogP contribution in [0.1, 0.15) is 12.8 Å². The molecule has 28 heavy (non-hydrogen) atoms. The van der Waals surface area contributed by atoms with Crippen LogP contribution in [0.25, 0.3) is 5.69 Å². The first-order valence-electron chi connectivity index (χ1n) is 9.43. The summed E-state index contributed by atoms with van der Waals surface area (Å²) in [5.41, 5.74) is 1.75. The summed E-state index contributed by atoms with van der Waals surface area (Å²) < 4.78 is 1.91. The fourth-order valence-electron chi connectivity index (χ4n) is 3.41. The average molecular weight is 377 g/mol. The van der Waals surface area contributed by atoms with Gasteiger partial charge in [-0.1, -0.05) is 0 Å². The average Bonchev–Trinajstić information content (AvgIpc) is 3.29. The first kappa shape index (κ1) is 18.0. The van der Waals surface area contributed by atoms with Crippen LogP contribution < -0.4 is 15.5 Å². The van der Waals surface area contributed by atoms with Crippen molar-refractivity contribution in [2.75, 3.05) is 29.9 Å². The third-order valence-electron chi connectivity index (χ3n) is 4.83. The smallest absolute Gasteiger partial charge is 0.319 e. The van der Waals surface area contributed by atoms with E-state index in [1.54, 1.807) is 24.9 Å². The maximum atomic E-state index is 12.2. The Morgan fingerprint density at radius 2 is 1.96 bits per heavy atom. The van der Waals surface area contributed by atoms with Gasteiger partial charge in [0.25, 0.3) is 0 Å². The molecule has 1 aromatic carbocycles. The summed E-state index contributed by atoms with van der Waals surface area (Å²) in [4.78, 5) is 27.1. The van der Waals surface area contributed by atoms with Crippen molar-refractivity contribution >= 4 is 17.7 Å². The van der Waals surface area contributed by atoms with Gasteiger partial charge in [-0.25, -0.2) is 19.7 Å². The second-order valence-corrected chi connectivity index (χ2v) is 6.85. The van der Waals surface area contributed by atoms with Crippen LogP contribution in [0.15, 0.2) is 61.4 Å². The highest BCUT2D eigenvalue weighted by atomic mass is 16.2. The number of nitrogens with zero attached hydrogens (tertiary/aromatic N) is 5. The van der Waals surface area contributed by atoms with Gasteiger partial charge in [-0.2, -0.15) is 0 Å².